The lowest BCUT2D eigenvalue weighted by Crippen LogP contribution is -2.18. The van der Waals surface area contributed by atoms with E-state index in [9.17, 15) is 0 Å². The number of aromatic nitrogens is 2. The minimum absolute atomic E-state index is 0.0598. The number of hydrogen-bond donors (Lipinski definition) is 1. The number of hydrogen-bond acceptors (Lipinski definition) is 5. The van der Waals surface area contributed by atoms with Gasteiger partial charge in [0.1, 0.15) is 0 Å². The summed E-state index contributed by atoms with van der Waals surface area (Å²) in [6.45, 7) is 1.94. The predicted molar refractivity (Wildman–Crippen MR) is 56.9 cm³/mol. The van der Waals surface area contributed by atoms with E-state index in [1.54, 1.807) is 0 Å². The Morgan fingerprint density at radius 3 is 3.00 bits per heavy atom. The van der Waals surface area contributed by atoms with Crippen LogP contribution in [-0.4, -0.2) is 28.4 Å². The Labute approximate surface area is 94.3 Å². The minimum Gasteiger partial charge on any atom is -0.374 e. The SMILES string of the molecule is CC(N)Cc1nc(C2CC3CCC2O3)no1. The Balaban J connectivity index is 1.73. The summed E-state index contributed by atoms with van der Waals surface area (Å²) in [5.41, 5.74) is 5.70. The highest BCUT2D eigenvalue weighted by Gasteiger charge is 2.43. The molecule has 2 N–H and O–H groups in total. The van der Waals surface area contributed by atoms with Crippen molar-refractivity contribution in [1.29, 1.82) is 0 Å². The molecule has 2 aliphatic heterocycles. The molecule has 1 aromatic heterocycles. The van der Waals surface area contributed by atoms with Gasteiger partial charge in [-0.25, -0.2) is 0 Å². The molecule has 16 heavy (non-hydrogen) atoms. The van der Waals surface area contributed by atoms with E-state index in [-0.39, 0.29) is 6.04 Å². The average Bonchev–Trinajstić information content (AvgIpc) is 2.89. The lowest BCUT2D eigenvalue weighted by atomic mass is 9.89. The fraction of sp³-hybridized carbons (Fsp3) is 0.818. The number of nitrogens with two attached hydrogens (primary N) is 1. The maximum absolute atomic E-state index is 5.78. The van der Waals surface area contributed by atoms with Crippen molar-refractivity contribution in [1.82, 2.24) is 10.1 Å². The maximum Gasteiger partial charge on any atom is 0.228 e. The van der Waals surface area contributed by atoms with Crippen molar-refractivity contribution in [3.8, 4) is 0 Å². The standard InChI is InChI=1S/C11H17N3O2/c1-6(12)4-10-13-11(14-16-10)8-5-7-2-3-9(8)15-7/h6-9H,2-5,12H2,1H3. The van der Waals surface area contributed by atoms with Crippen molar-refractivity contribution in [2.45, 2.75) is 56.8 Å². The molecule has 0 radical (unpaired) electrons. The molecular formula is C11H17N3O2. The summed E-state index contributed by atoms with van der Waals surface area (Å²) < 4.78 is 11.0. The van der Waals surface area contributed by atoms with Gasteiger partial charge in [0.15, 0.2) is 5.82 Å². The third-order valence-electron chi connectivity index (χ3n) is 3.42. The normalized spacial score (nSPS) is 34.5. The van der Waals surface area contributed by atoms with Crippen LogP contribution in [0.15, 0.2) is 4.52 Å². The first-order chi connectivity index (χ1) is 7.72. The summed E-state index contributed by atoms with van der Waals surface area (Å²) in [6.07, 6.45) is 4.74. The molecule has 3 heterocycles. The zero-order chi connectivity index (χ0) is 11.1. The van der Waals surface area contributed by atoms with Crippen LogP contribution in [0.4, 0.5) is 0 Å². The molecule has 2 saturated heterocycles. The summed E-state index contributed by atoms with van der Waals surface area (Å²) in [4.78, 5) is 4.41. The molecule has 2 fully saturated rings. The third kappa shape index (κ3) is 1.74. The fourth-order valence-corrected chi connectivity index (χ4v) is 2.69. The van der Waals surface area contributed by atoms with Crippen LogP contribution in [-0.2, 0) is 11.2 Å². The van der Waals surface area contributed by atoms with E-state index in [1.165, 1.54) is 6.42 Å². The summed E-state index contributed by atoms with van der Waals surface area (Å²) in [5.74, 6) is 1.79. The fourth-order valence-electron chi connectivity index (χ4n) is 2.69. The van der Waals surface area contributed by atoms with Crippen molar-refractivity contribution in [3.05, 3.63) is 11.7 Å². The summed E-state index contributed by atoms with van der Waals surface area (Å²) >= 11 is 0. The quantitative estimate of drug-likeness (QED) is 0.827. The zero-order valence-corrected chi connectivity index (χ0v) is 9.43. The van der Waals surface area contributed by atoms with E-state index in [2.05, 4.69) is 10.1 Å². The lowest BCUT2D eigenvalue weighted by molar-refractivity contribution is 0.0996. The van der Waals surface area contributed by atoms with Crippen molar-refractivity contribution in [2.75, 3.05) is 0 Å². The smallest absolute Gasteiger partial charge is 0.228 e. The molecule has 4 atom stereocenters. The average molecular weight is 223 g/mol. The van der Waals surface area contributed by atoms with Crippen LogP contribution in [0.5, 0.6) is 0 Å². The zero-order valence-electron chi connectivity index (χ0n) is 9.43. The molecule has 2 bridgehead atoms. The van der Waals surface area contributed by atoms with E-state index >= 15 is 0 Å². The van der Waals surface area contributed by atoms with Gasteiger partial charge in [-0.3, -0.25) is 0 Å². The Bertz CT molecular complexity index is 377. The summed E-state index contributed by atoms with van der Waals surface area (Å²) in [5, 5.41) is 4.05. The molecule has 0 amide bonds. The highest BCUT2D eigenvalue weighted by atomic mass is 16.5. The number of nitrogens with zero attached hydrogens (tertiary/aromatic N) is 2. The monoisotopic (exact) mass is 223 g/mol. The Kier molecular flexibility index (Phi) is 2.44. The first-order valence-corrected chi connectivity index (χ1v) is 5.96. The van der Waals surface area contributed by atoms with E-state index in [0.29, 0.717) is 30.4 Å². The Morgan fingerprint density at radius 2 is 2.38 bits per heavy atom. The molecule has 0 aromatic carbocycles. The van der Waals surface area contributed by atoms with Gasteiger partial charge in [-0.1, -0.05) is 5.16 Å². The van der Waals surface area contributed by atoms with Gasteiger partial charge in [-0.2, -0.15) is 4.98 Å². The second-order valence-electron chi connectivity index (χ2n) is 4.94. The third-order valence-corrected chi connectivity index (χ3v) is 3.42. The highest BCUT2D eigenvalue weighted by molar-refractivity contribution is 5.07. The van der Waals surface area contributed by atoms with Gasteiger partial charge in [0, 0.05) is 12.5 Å². The Morgan fingerprint density at radius 1 is 1.50 bits per heavy atom. The van der Waals surface area contributed by atoms with Crippen LogP contribution in [0, 0.1) is 0 Å². The van der Waals surface area contributed by atoms with E-state index in [4.69, 9.17) is 15.0 Å². The van der Waals surface area contributed by atoms with E-state index in [0.717, 1.165) is 18.7 Å². The maximum atomic E-state index is 5.78. The molecule has 0 spiro atoms. The highest BCUT2D eigenvalue weighted by Crippen LogP contribution is 2.43. The van der Waals surface area contributed by atoms with E-state index < -0.39 is 0 Å². The Hall–Kier alpha value is -0.940. The van der Waals surface area contributed by atoms with Gasteiger partial charge < -0.3 is 15.0 Å². The summed E-state index contributed by atoms with van der Waals surface area (Å²) in [6, 6.07) is 0.0598. The van der Waals surface area contributed by atoms with E-state index in [1.807, 2.05) is 6.92 Å². The number of rotatable bonds is 3. The lowest BCUT2D eigenvalue weighted by Gasteiger charge is -2.13. The molecule has 2 aliphatic rings. The molecule has 3 rings (SSSR count). The number of fused-ring (bicyclic) bond motifs is 2. The van der Waals surface area contributed by atoms with Crippen molar-refractivity contribution < 1.29 is 9.26 Å². The predicted octanol–water partition coefficient (Wildman–Crippen LogP) is 0.994. The van der Waals surface area contributed by atoms with Crippen LogP contribution in [0.2, 0.25) is 0 Å². The van der Waals surface area contributed by atoms with Crippen LogP contribution >= 0.6 is 0 Å². The van der Waals surface area contributed by atoms with Gasteiger partial charge in [0.2, 0.25) is 5.89 Å². The second-order valence-corrected chi connectivity index (χ2v) is 4.94. The first-order valence-electron chi connectivity index (χ1n) is 5.96. The van der Waals surface area contributed by atoms with Crippen molar-refractivity contribution in [3.63, 3.8) is 0 Å². The first kappa shape index (κ1) is 10.2. The van der Waals surface area contributed by atoms with Crippen molar-refractivity contribution >= 4 is 0 Å². The van der Waals surface area contributed by atoms with Gasteiger partial charge in [-0.15, -0.1) is 0 Å². The van der Waals surface area contributed by atoms with Crippen molar-refractivity contribution in [2.24, 2.45) is 5.73 Å². The van der Waals surface area contributed by atoms with Gasteiger partial charge in [0.25, 0.3) is 0 Å². The van der Waals surface area contributed by atoms with Gasteiger partial charge in [-0.05, 0) is 26.2 Å². The molecule has 5 heteroatoms. The molecule has 0 aliphatic carbocycles. The van der Waals surface area contributed by atoms with Crippen LogP contribution in [0.1, 0.15) is 43.8 Å². The van der Waals surface area contributed by atoms with Crippen LogP contribution in [0.3, 0.4) is 0 Å². The molecule has 0 saturated carbocycles. The molecule has 5 nitrogen and oxygen atoms in total. The minimum atomic E-state index is 0.0598. The topological polar surface area (TPSA) is 74.2 Å². The second kappa shape index (κ2) is 3.82. The molecule has 1 aromatic rings. The molecule has 88 valence electrons. The summed E-state index contributed by atoms with van der Waals surface area (Å²) in [7, 11) is 0. The van der Waals surface area contributed by atoms with Crippen LogP contribution in [0.25, 0.3) is 0 Å². The van der Waals surface area contributed by atoms with Gasteiger partial charge >= 0.3 is 0 Å². The molecule has 4 unspecified atom stereocenters. The molecular weight excluding hydrogens is 206 g/mol. The number of ether oxygens (including phenoxy) is 1. The van der Waals surface area contributed by atoms with Gasteiger partial charge in [0.05, 0.1) is 18.1 Å². The van der Waals surface area contributed by atoms with Crippen LogP contribution < -0.4 is 5.73 Å². The largest absolute Gasteiger partial charge is 0.374 e.